The van der Waals surface area contributed by atoms with Gasteiger partial charge in [-0.3, -0.25) is 14.5 Å². The molecule has 1 aliphatic rings. The molecule has 0 fully saturated rings. The van der Waals surface area contributed by atoms with E-state index >= 15 is 0 Å². The van der Waals surface area contributed by atoms with Gasteiger partial charge in [0.15, 0.2) is 0 Å². The van der Waals surface area contributed by atoms with Crippen LogP contribution in [0.2, 0.25) is 0 Å². The Kier molecular flexibility index (Phi) is 3.01. The predicted molar refractivity (Wildman–Crippen MR) is 71.0 cm³/mol. The molecule has 0 unspecified atom stereocenters. The average Bonchev–Trinajstić information content (AvgIpc) is 2.53. The summed E-state index contributed by atoms with van der Waals surface area (Å²) in [5, 5.41) is 0. The SMILES string of the molecule is CC(C)c1ccc(C(C)C)c2c1C(=O)N(C)C2=O. The maximum absolute atomic E-state index is 12.2. The first-order chi connectivity index (χ1) is 8.36. The van der Waals surface area contributed by atoms with Gasteiger partial charge in [0.1, 0.15) is 0 Å². The summed E-state index contributed by atoms with van der Waals surface area (Å²) in [5.41, 5.74) is 3.17. The molecule has 0 bridgehead atoms. The first kappa shape index (κ1) is 12.8. The highest BCUT2D eigenvalue weighted by atomic mass is 16.2. The third-order valence-corrected chi connectivity index (χ3v) is 3.55. The predicted octanol–water partition coefficient (Wildman–Crippen LogP) is 3.16. The van der Waals surface area contributed by atoms with E-state index in [2.05, 4.69) is 0 Å². The molecule has 1 aromatic carbocycles. The van der Waals surface area contributed by atoms with Crippen molar-refractivity contribution in [3.8, 4) is 0 Å². The van der Waals surface area contributed by atoms with E-state index < -0.39 is 0 Å². The fraction of sp³-hybridized carbons (Fsp3) is 0.467. The number of hydrogen-bond acceptors (Lipinski definition) is 2. The van der Waals surface area contributed by atoms with E-state index in [9.17, 15) is 9.59 Å². The summed E-state index contributed by atoms with van der Waals surface area (Å²) in [7, 11) is 1.55. The smallest absolute Gasteiger partial charge is 0.261 e. The van der Waals surface area contributed by atoms with Crippen LogP contribution < -0.4 is 0 Å². The van der Waals surface area contributed by atoms with E-state index in [0.717, 1.165) is 11.1 Å². The molecule has 0 aromatic heterocycles. The normalized spacial score (nSPS) is 14.9. The van der Waals surface area contributed by atoms with Crippen LogP contribution in [0.4, 0.5) is 0 Å². The topological polar surface area (TPSA) is 37.4 Å². The van der Waals surface area contributed by atoms with Gasteiger partial charge in [-0.2, -0.15) is 0 Å². The van der Waals surface area contributed by atoms with Gasteiger partial charge in [0, 0.05) is 7.05 Å². The zero-order valence-electron chi connectivity index (χ0n) is 11.6. The summed E-state index contributed by atoms with van der Waals surface area (Å²) < 4.78 is 0. The molecule has 2 amide bonds. The fourth-order valence-electron chi connectivity index (χ4n) is 2.49. The highest BCUT2D eigenvalue weighted by Gasteiger charge is 2.37. The standard InChI is InChI=1S/C15H19NO2/c1-8(2)10-6-7-11(9(3)4)13-12(10)14(17)16(5)15(13)18/h6-9H,1-5H3. The van der Waals surface area contributed by atoms with E-state index in [4.69, 9.17) is 0 Å². The second-order valence-electron chi connectivity index (χ2n) is 5.47. The van der Waals surface area contributed by atoms with Gasteiger partial charge in [0.25, 0.3) is 11.8 Å². The number of carbonyl (C=O) groups excluding carboxylic acids is 2. The van der Waals surface area contributed by atoms with Crippen LogP contribution in [0.3, 0.4) is 0 Å². The van der Waals surface area contributed by atoms with Crippen LogP contribution in [0.15, 0.2) is 12.1 Å². The Morgan fingerprint density at radius 1 is 0.833 bits per heavy atom. The third-order valence-electron chi connectivity index (χ3n) is 3.55. The Balaban J connectivity index is 2.78. The molecule has 1 aliphatic heterocycles. The molecule has 96 valence electrons. The summed E-state index contributed by atoms with van der Waals surface area (Å²) >= 11 is 0. The number of amides is 2. The summed E-state index contributed by atoms with van der Waals surface area (Å²) in [6.07, 6.45) is 0. The molecular formula is C15H19NO2. The molecule has 1 heterocycles. The van der Waals surface area contributed by atoms with E-state index in [1.54, 1.807) is 7.05 Å². The number of benzene rings is 1. The Morgan fingerprint density at radius 2 is 1.17 bits per heavy atom. The molecule has 0 spiro atoms. The lowest BCUT2D eigenvalue weighted by atomic mass is 9.88. The maximum atomic E-state index is 12.2. The monoisotopic (exact) mass is 245 g/mol. The molecule has 0 N–H and O–H groups in total. The zero-order valence-corrected chi connectivity index (χ0v) is 11.6. The molecule has 0 aliphatic carbocycles. The Hall–Kier alpha value is -1.64. The van der Waals surface area contributed by atoms with Crippen LogP contribution in [0, 0.1) is 0 Å². The first-order valence-corrected chi connectivity index (χ1v) is 6.35. The van der Waals surface area contributed by atoms with Gasteiger partial charge in [-0.25, -0.2) is 0 Å². The molecule has 0 atom stereocenters. The van der Waals surface area contributed by atoms with Crippen molar-refractivity contribution < 1.29 is 9.59 Å². The second kappa shape index (κ2) is 4.23. The molecule has 0 saturated carbocycles. The Labute approximate surface area is 108 Å². The van der Waals surface area contributed by atoms with Gasteiger partial charge in [0.2, 0.25) is 0 Å². The Morgan fingerprint density at radius 3 is 1.44 bits per heavy atom. The number of carbonyl (C=O) groups is 2. The molecule has 1 aromatic rings. The highest BCUT2D eigenvalue weighted by Crippen LogP contribution is 2.34. The number of fused-ring (bicyclic) bond motifs is 1. The second-order valence-corrected chi connectivity index (χ2v) is 5.47. The molecule has 3 nitrogen and oxygen atoms in total. The lowest BCUT2D eigenvalue weighted by molar-refractivity contribution is 0.0692. The maximum Gasteiger partial charge on any atom is 0.261 e. The van der Waals surface area contributed by atoms with E-state index in [1.165, 1.54) is 4.90 Å². The van der Waals surface area contributed by atoms with Crippen molar-refractivity contribution in [2.75, 3.05) is 7.05 Å². The van der Waals surface area contributed by atoms with Crippen molar-refractivity contribution in [2.24, 2.45) is 0 Å². The summed E-state index contributed by atoms with van der Waals surface area (Å²) in [6, 6.07) is 3.98. The van der Waals surface area contributed by atoms with Crippen LogP contribution >= 0.6 is 0 Å². The van der Waals surface area contributed by atoms with E-state index in [0.29, 0.717) is 11.1 Å². The van der Waals surface area contributed by atoms with Crippen LogP contribution in [-0.4, -0.2) is 23.8 Å². The minimum atomic E-state index is -0.166. The molecular weight excluding hydrogens is 226 g/mol. The third kappa shape index (κ3) is 1.65. The van der Waals surface area contributed by atoms with Crippen molar-refractivity contribution in [2.45, 2.75) is 39.5 Å². The average molecular weight is 245 g/mol. The van der Waals surface area contributed by atoms with Crippen molar-refractivity contribution in [1.82, 2.24) is 4.90 Å². The highest BCUT2D eigenvalue weighted by molar-refractivity contribution is 6.22. The van der Waals surface area contributed by atoms with E-state index in [1.807, 2.05) is 39.8 Å². The van der Waals surface area contributed by atoms with Gasteiger partial charge in [-0.05, 0) is 23.0 Å². The van der Waals surface area contributed by atoms with Crippen molar-refractivity contribution >= 4 is 11.8 Å². The lowest BCUT2D eigenvalue weighted by Gasteiger charge is -2.14. The molecule has 0 radical (unpaired) electrons. The van der Waals surface area contributed by atoms with Gasteiger partial charge in [0.05, 0.1) is 11.1 Å². The minimum absolute atomic E-state index is 0.166. The molecule has 2 rings (SSSR count). The summed E-state index contributed by atoms with van der Waals surface area (Å²) in [6.45, 7) is 8.17. The quantitative estimate of drug-likeness (QED) is 0.750. The lowest BCUT2D eigenvalue weighted by Crippen LogP contribution is -2.24. The minimum Gasteiger partial charge on any atom is -0.277 e. The van der Waals surface area contributed by atoms with Crippen LogP contribution in [0.25, 0.3) is 0 Å². The first-order valence-electron chi connectivity index (χ1n) is 6.35. The fourth-order valence-corrected chi connectivity index (χ4v) is 2.49. The van der Waals surface area contributed by atoms with Crippen LogP contribution in [-0.2, 0) is 0 Å². The number of rotatable bonds is 2. The zero-order chi connectivity index (χ0) is 13.6. The summed E-state index contributed by atoms with van der Waals surface area (Å²) in [4.78, 5) is 25.6. The number of nitrogens with zero attached hydrogens (tertiary/aromatic N) is 1. The van der Waals surface area contributed by atoms with E-state index in [-0.39, 0.29) is 23.7 Å². The molecule has 3 heteroatoms. The van der Waals surface area contributed by atoms with Crippen molar-refractivity contribution in [3.05, 3.63) is 34.4 Å². The number of imide groups is 1. The van der Waals surface area contributed by atoms with Gasteiger partial charge in [-0.1, -0.05) is 39.8 Å². The van der Waals surface area contributed by atoms with Crippen LogP contribution in [0.1, 0.15) is 71.4 Å². The Bertz CT molecular complexity index is 483. The van der Waals surface area contributed by atoms with Crippen molar-refractivity contribution in [3.63, 3.8) is 0 Å². The van der Waals surface area contributed by atoms with Gasteiger partial charge in [-0.15, -0.1) is 0 Å². The number of hydrogen-bond donors (Lipinski definition) is 0. The van der Waals surface area contributed by atoms with Gasteiger partial charge < -0.3 is 0 Å². The molecule has 0 saturated heterocycles. The summed E-state index contributed by atoms with van der Waals surface area (Å²) in [5.74, 6) is 0.147. The largest absolute Gasteiger partial charge is 0.277 e. The van der Waals surface area contributed by atoms with Crippen molar-refractivity contribution in [1.29, 1.82) is 0 Å². The molecule has 18 heavy (non-hydrogen) atoms. The van der Waals surface area contributed by atoms with Gasteiger partial charge >= 0.3 is 0 Å². The van der Waals surface area contributed by atoms with Crippen LogP contribution in [0.5, 0.6) is 0 Å².